The SMILES string of the molecule is C.C.C.C#Cc1cccc(NC(=O)NC)c1.CCC(=O)Nc1cccc(C2=NCN=N2)c1.CCC(=O)c1cccc(NC(=O)NC)c1.CNC(=O)Nc1cccc(-n2cnnn2)c1.CNC(=O)Nc1cccc(C(C)=N)c1.CNC(=O)Nc1cccc(C(C)=O)c1.CNC(=O)Nc1cccc(C(C)=O)c1.CNC(=O)Nc1cccc(S(C)(=O)=O)c1. The van der Waals surface area contributed by atoms with Crippen molar-refractivity contribution < 1.29 is 61.2 Å². The normalized spacial score (nSPS) is 9.85. The van der Waals surface area contributed by atoms with E-state index in [2.05, 4.69) is 116 Å². The molecule has 0 saturated heterocycles. The molecule has 0 spiro atoms. The minimum atomic E-state index is -3.24. The molecule has 2 heterocycles. The molecule has 9 aromatic rings. The molecule has 120 heavy (non-hydrogen) atoms. The molecule has 0 bridgehead atoms. The smallest absolute Gasteiger partial charge is 0.318 e. The molecule has 8 aromatic carbocycles. The van der Waals surface area contributed by atoms with Crippen molar-refractivity contribution in [3.63, 3.8) is 0 Å². The van der Waals surface area contributed by atoms with Gasteiger partial charge in [-0.1, -0.05) is 121 Å². The summed E-state index contributed by atoms with van der Waals surface area (Å²) < 4.78 is 23.9. The van der Waals surface area contributed by atoms with Crippen LogP contribution in [-0.2, 0) is 14.6 Å². The summed E-state index contributed by atoms with van der Waals surface area (Å²) >= 11 is 0. The van der Waals surface area contributed by atoms with Crippen LogP contribution in [0.5, 0.6) is 0 Å². The number of rotatable bonds is 17. The van der Waals surface area contributed by atoms with Gasteiger partial charge >= 0.3 is 42.2 Å². The lowest BCUT2D eigenvalue weighted by Crippen LogP contribution is -2.24. The van der Waals surface area contributed by atoms with Crippen LogP contribution >= 0.6 is 0 Å². The molecule has 1 aliphatic rings. The van der Waals surface area contributed by atoms with Crippen molar-refractivity contribution in [2.24, 2.45) is 15.2 Å². The summed E-state index contributed by atoms with van der Waals surface area (Å²) in [6.45, 7) is 8.69. The molecule has 15 amide bonds. The number of nitrogens with zero attached hydrogens (tertiary/aromatic N) is 7. The number of aromatic nitrogens is 4. The lowest BCUT2D eigenvalue weighted by molar-refractivity contribution is -0.115. The van der Waals surface area contributed by atoms with Crippen LogP contribution in [-0.4, -0.2) is 168 Å². The lowest BCUT2D eigenvalue weighted by atomic mass is 10.1. The number of anilines is 8. The van der Waals surface area contributed by atoms with Crippen molar-refractivity contribution in [1.82, 2.24) is 57.4 Å². The number of terminal acetylenes is 1. The van der Waals surface area contributed by atoms with Gasteiger partial charge in [0.1, 0.15) is 6.33 Å². The summed E-state index contributed by atoms with van der Waals surface area (Å²) in [4.78, 5) is 126. The number of carbonyl (C=O) groups excluding carboxylic acids is 11. The minimum Gasteiger partial charge on any atom is -0.341 e. The van der Waals surface area contributed by atoms with E-state index in [0.717, 1.165) is 34.3 Å². The van der Waals surface area contributed by atoms with Gasteiger partial charge in [0.25, 0.3) is 0 Å². The zero-order valence-electron chi connectivity index (χ0n) is 66.6. The maximum atomic E-state index is 11.4. The van der Waals surface area contributed by atoms with E-state index in [1.165, 1.54) is 65.2 Å². The molecule has 1 aromatic heterocycles. The van der Waals surface area contributed by atoms with Gasteiger partial charge in [0, 0.05) is 147 Å². The Labute approximate surface area is 699 Å². The first kappa shape index (κ1) is 105. The largest absolute Gasteiger partial charge is 0.341 e. The first-order valence-electron chi connectivity index (χ1n) is 35.3. The van der Waals surface area contributed by atoms with E-state index < -0.39 is 9.84 Å². The van der Waals surface area contributed by atoms with Crippen LogP contribution < -0.4 is 79.8 Å². The maximum Gasteiger partial charge on any atom is 0.318 e. The predicted molar refractivity (Wildman–Crippen MR) is 474 cm³/mol. The van der Waals surface area contributed by atoms with Crippen LogP contribution in [0.3, 0.4) is 0 Å². The number of amidine groups is 1. The number of nitrogens with one attached hydrogen (secondary N) is 16. The Morgan fingerprint density at radius 1 is 0.433 bits per heavy atom. The maximum absolute atomic E-state index is 11.4. The number of azo groups is 1. The third-order valence-corrected chi connectivity index (χ3v) is 15.8. The molecule has 16 N–H and O–H groups in total. The van der Waals surface area contributed by atoms with Gasteiger partial charge in [-0.05, 0) is 152 Å². The molecule has 0 fully saturated rings. The highest BCUT2D eigenvalue weighted by Gasteiger charge is 2.12. The average molecular weight is 1670 g/mol. The Balaban J connectivity index is 0.00000135. The highest BCUT2D eigenvalue weighted by atomic mass is 32.2. The van der Waals surface area contributed by atoms with Gasteiger partial charge < -0.3 is 85.2 Å². The lowest BCUT2D eigenvalue weighted by Gasteiger charge is -2.05. The summed E-state index contributed by atoms with van der Waals surface area (Å²) in [6, 6.07) is 53.4. The number of carbonyl (C=O) groups is 11. The fourth-order valence-corrected chi connectivity index (χ4v) is 9.32. The Morgan fingerprint density at radius 2 is 0.783 bits per heavy atom. The van der Waals surface area contributed by atoms with Crippen molar-refractivity contribution in [3.8, 4) is 18.0 Å². The number of urea groups is 7. The van der Waals surface area contributed by atoms with E-state index in [4.69, 9.17) is 11.8 Å². The minimum absolute atomic E-state index is 0. The summed E-state index contributed by atoms with van der Waals surface area (Å²) in [7, 11) is 7.51. The molecule has 37 heteroatoms. The molecule has 0 aliphatic carbocycles. The zero-order valence-corrected chi connectivity index (χ0v) is 67.4. The van der Waals surface area contributed by atoms with Gasteiger partial charge in [-0.2, -0.15) is 5.11 Å². The Kier molecular flexibility index (Phi) is 49.5. The second-order valence-corrected chi connectivity index (χ2v) is 25.5. The molecule has 0 radical (unpaired) electrons. The van der Waals surface area contributed by atoms with E-state index >= 15 is 0 Å². The molecular weight excluding hydrogens is 1560 g/mol. The van der Waals surface area contributed by atoms with Crippen LogP contribution in [0.25, 0.3) is 5.69 Å². The van der Waals surface area contributed by atoms with Crippen LogP contribution in [0.15, 0.2) is 221 Å². The van der Waals surface area contributed by atoms with E-state index in [1.54, 1.807) is 175 Å². The first-order valence-corrected chi connectivity index (χ1v) is 37.2. The highest BCUT2D eigenvalue weighted by molar-refractivity contribution is 7.90. The number of amides is 15. The molecule has 0 unspecified atom stereocenters. The zero-order chi connectivity index (χ0) is 86.8. The monoisotopic (exact) mass is 1670 g/mol. The van der Waals surface area contributed by atoms with Crippen molar-refractivity contribution in [2.45, 2.75) is 74.6 Å². The van der Waals surface area contributed by atoms with Crippen LogP contribution in [0.1, 0.15) is 118 Å². The molecule has 10 rings (SSSR count). The second-order valence-electron chi connectivity index (χ2n) is 23.4. The molecule has 0 saturated carbocycles. The molecular formula is C83H107N23O13S. The second kappa shape index (κ2) is 56.8. The third kappa shape index (κ3) is 41.1. The summed E-state index contributed by atoms with van der Waals surface area (Å²) in [5.74, 6) is 3.12. The standard InChI is InChI=1S/C11H12N4O.C11H14N2O2.C10H13N3O.2C10H12N2O2.C10H10N2O.C9H10N6O.C9H12N2O3S.3CH4/c1-2-10(16)14-9-5-3-4-8(6-9)11-12-7-13-15-11;1-3-10(14)8-5-4-6-9(7-8)13-11(15)12-2;1-7(11)8-4-3-5-9(6-8)13-10(14)12-2;2*1-7(13)8-4-3-5-9(6-8)12-10(14)11-2;1-3-8-5-4-6-9(7-8)12-10(13)11-2;1-10-9(16)12-7-3-2-4-8(5-7)15-6-11-13-14-15;1-10-9(12)11-7-4-3-5-8(6-7)15(2,13)14;;;/h3-6H,2,7H2,1H3,(H,14,16);4-7H,3H2,1-2H3,(H2,12,13,15);3-6,11H,1-2H3,(H2,12,13,14);2*3-6H,1-2H3,(H2,11,12,14);1,4-7H,2H3,(H2,11,12,13);2-6H,1H3,(H2,10,12,16);3-6H,1-2H3,(H2,10,11,12);3*1H4. The summed E-state index contributed by atoms with van der Waals surface area (Å²) in [5, 5.41) is 64.0. The first-order chi connectivity index (χ1) is 55.8. The van der Waals surface area contributed by atoms with Crippen molar-refractivity contribution in [1.29, 1.82) is 5.41 Å². The number of sulfone groups is 1. The molecule has 36 nitrogen and oxygen atoms in total. The molecule has 0 atom stereocenters. The van der Waals surface area contributed by atoms with Crippen LogP contribution in [0.2, 0.25) is 0 Å². The van der Waals surface area contributed by atoms with Gasteiger partial charge in [0.05, 0.1) is 10.6 Å². The predicted octanol–water partition coefficient (Wildman–Crippen LogP) is 13.9. The number of aliphatic imine (C=N–C) groups is 1. The topological polar surface area (TPSA) is 507 Å². The Hall–Kier alpha value is -15.4. The van der Waals surface area contributed by atoms with Gasteiger partial charge in [0.15, 0.2) is 39.7 Å². The number of ketones is 3. The average Bonchev–Trinajstić information content (AvgIpc) is 0.905. The van der Waals surface area contributed by atoms with Crippen LogP contribution in [0, 0.1) is 17.8 Å². The van der Waals surface area contributed by atoms with Gasteiger partial charge in [-0.3, -0.25) is 19.2 Å². The summed E-state index contributed by atoms with van der Waals surface area (Å²) in [6.07, 6.45) is 8.73. The van der Waals surface area contributed by atoms with Crippen LogP contribution in [0.4, 0.5) is 79.1 Å². The molecule has 1 aliphatic heterocycles. The van der Waals surface area contributed by atoms with Crippen molar-refractivity contribution in [2.75, 3.05) is 105 Å². The number of Topliss-reactive ketones (excluding diaryl/α,β-unsaturated/α-hetero) is 3. The number of hydrogen-bond acceptors (Lipinski definition) is 20. The van der Waals surface area contributed by atoms with Gasteiger partial charge in [-0.25, -0.2) is 51.7 Å². The van der Waals surface area contributed by atoms with E-state index in [9.17, 15) is 61.2 Å². The number of tetrazole rings is 1. The Morgan fingerprint density at radius 3 is 1.14 bits per heavy atom. The Bertz CT molecular complexity index is 4940. The third-order valence-electron chi connectivity index (χ3n) is 14.7. The number of benzene rings is 8. The van der Waals surface area contributed by atoms with E-state index in [0.29, 0.717) is 87.6 Å². The van der Waals surface area contributed by atoms with Gasteiger partial charge in [-0.15, -0.1) is 16.6 Å². The van der Waals surface area contributed by atoms with Gasteiger partial charge in [0.2, 0.25) is 5.91 Å². The molecule has 638 valence electrons. The van der Waals surface area contributed by atoms with Crippen molar-refractivity contribution in [3.05, 3.63) is 234 Å². The quantitative estimate of drug-likeness (QED) is 0.0229. The highest BCUT2D eigenvalue weighted by Crippen LogP contribution is 2.20. The fourth-order valence-electron chi connectivity index (χ4n) is 8.65. The summed E-state index contributed by atoms with van der Waals surface area (Å²) in [5.41, 5.74) is 10.5. The van der Waals surface area contributed by atoms with E-state index in [1.807, 2.05) is 49.4 Å². The van der Waals surface area contributed by atoms with E-state index in [-0.39, 0.29) is 92.7 Å². The number of hydrogen-bond donors (Lipinski definition) is 16. The fraction of sp³-hybridized carbons (Fsp3) is 0.229. The van der Waals surface area contributed by atoms with Crippen molar-refractivity contribution >= 4 is 132 Å².